The molecule has 0 unspecified atom stereocenters. The number of aliphatic carboxylic acids is 1. The van der Waals surface area contributed by atoms with Crippen molar-refractivity contribution >= 4 is 29.9 Å². The molecular formula is C27H23F5N4O5. The molecule has 41 heavy (non-hydrogen) atoms. The number of aromatic amines is 1. The molecule has 2 aromatic heterocycles. The Hall–Kier alpha value is -4.59. The fourth-order valence-corrected chi connectivity index (χ4v) is 4.14. The number of carboxylic acid groups (broad SMARTS) is 1. The maximum absolute atomic E-state index is 14.7. The molecule has 14 heteroatoms. The number of carbonyl (C=O) groups is 3. The molecule has 0 atom stereocenters. The number of amides is 2. The van der Waals surface area contributed by atoms with Crippen LogP contribution in [-0.2, 0) is 16.0 Å². The van der Waals surface area contributed by atoms with Crippen LogP contribution in [0.1, 0.15) is 37.7 Å². The van der Waals surface area contributed by atoms with Crippen molar-refractivity contribution in [2.24, 2.45) is 0 Å². The zero-order valence-corrected chi connectivity index (χ0v) is 21.2. The van der Waals surface area contributed by atoms with Crippen LogP contribution >= 0.6 is 0 Å². The minimum Gasteiger partial charge on any atom is -0.475 e. The van der Waals surface area contributed by atoms with Gasteiger partial charge in [-0.25, -0.2) is 13.6 Å². The molecule has 0 saturated carbocycles. The summed E-state index contributed by atoms with van der Waals surface area (Å²) in [6.45, 7) is 2.17. The number of halogens is 5. The zero-order valence-electron chi connectivity index (χ0n) is 21.2. The van der Waals surface area contributed by atoms with E-state index in [2.05, 4.69) is 15.3 Å². The van der Waals surface area contributed by atoms with Gasteiger partial charge >= 0.3 is 12.1 Å². The Balaban J connectivity index is 0.000000493. The monoisotopic (exact) mass is 578 g/mol. The van der Waals surface area contributed by atoms with Crippen molar-refractivity contribution in [3.05, 3.63) is 76.2 Å². The summed E-state index contributed by atoms with van der Waals surface area (Å²) in [6.07, 6.45) is 0.0319. The maximum atomic E-state index is 14.7. The summed E-state index contributed by atoms with van der Waals surface area (Å²) in [5.74, 6) is -4.95. The van der Waals surface area contributed by atoms with Gasteiger partial charge in [-0.1, -0.05) is 0 Å². The van der Waals surface area contributed by atoms with Crippen LogP contribution in [0.4, 0.5) is 22.0 Å². The second kappa shape index (κ2) is 12.3. The van der Waals surface area contributed by atoms with Gasteiger partial charge in [0.25, 0.3) is 11.8 Å². The standard InChI is InChI=1S/C25H22F2N4O3.C2HF3O2/c26-20-12-16(25(33)31-7-9-34-10-8-31)13-21(27)18(20)2-1-17-11-15(3-5-28-17)23-14-19-22(30-23)4-6-29-24(19)32;3-2(4,5)1(6)7/h1-3,5,11-14,30H,4,6-10H2,(H,29,32);(H,6,7)/b2-1+;. The van der Waals surface area contributed by atoms with Gasteiger partial charge < -0.3 is 25.0 Å². The third-order valence-electron chi connectivity index (χ3n) is 6.18. The Labute approximate surface area is 229 Å². The number of nitrogens with zero attached hydrogens (tertiary/aromatic N) is 2. The number of morpholine rings is 1. The second-order valence-corrected chi connectivity index (χ2v) is 8.94. The number of carbonyl (C=O) groups excluding carboxylic acids is 2. The van der Waals surface area contributed by atoms with Gasteiger partial charge in [-0.2, -0.15) is 13.2 Å². The average Bonchev–Trinajstić information content (AvgIpc) is 3.39. The van der Waals surface area contributed by atoms with Gasteiger partial charge in [-0.15, -0.1) is 0 Å². The van der Waals surface area contributed by atoms with Crippen LogP contribution in [0.3, 0.4) is 0 Å². The number of H-pyrrole nitrogens is 1. The van der Waals surface area contributed by atoms with E-state index in [1.165, 1.54) is 17.1 Å². The Kier molecular flexibility index (Phi) is 8.81. The molecule has 0 radical (unpaired) electrons. The first kappa shape index (κ1) is 29.4. The van der Waals surface area contributed by atoms with Crippen LogP contribution in [0.15, 0.2) is 36.5 Å². The van der Waals surface area contributed by atoms with E-state index in [9.17, 15) is 31.5 Å². The fourth-order valence-electron chi connectivity index (χ4n) is 4.14. The molecule has 5 rings (SSSR count). The topological polar surface area (TPSA) is 125 Å². The lowest BCUT2D eigenvalue weighted by Gasteiger charge is -2.27. The van der Waals surface area contributed by atoms with Crippen LogP contribution in [0.5, 0.6) is 0 Å². The highest BCUT2D eigenvalue weighted by molar-refractivity contribution is 5.98. The molecule has 4 heterocycles. The molecule has 3 N–H and O–H groups in total. The van der Waals surface area contributed by atoms with Crippen molar-refractivity contribution in [1.29, 1.82) is 0 Å². The van der Waals surface area contributed by atoms with Crippen LogP contribution in [0.2, 0.25) is 0 Å². The Morgan fingerprint density at radius 2 is 1.71 bits per heavy atom. The van der Waals surface area contributed by atoms with Gasteiger partial charge in [-0.3, -0.25) is 14.6 Å². The normalized spacial score (nSPS) is 15.1. The smallest absolute Gasteiger partial charge is 0.475 e. The molecule has 0 bridgehead atoms. The lowest BCUT2D eigenvalue weighted by molar-refractivity contribution is -0.192. The van der Waals surface area contributed by atoms with Crippen molar-refractivity contribution in [2.45, 2.75) is 12.6 Å². The molecule has 1 saturated heterocycles. The van der Waals surface area contributed by atoms with Crippen molar-refractivity contribution in [1.82, 2.24) is 20.2 Å². The summed E-state index contributed by atoms with van der Waals surface area (Å²) in [5.41, 5.74) is 3.26. The third-order valence-corrected chi connectivity index (χ3v) is 6.18. The summed E-state index contributed by atoms with van der Waals surface area (Å²) in [6, 6.07) is 7.45. The number of pyridine rings is 1. The predicted molar refractivity (Wildman–Crippen MR) is 136 cm³/mol. The molecule has 1 fully saturated rings. The number of benzene rings is 1. The van der Waals surface area contributed by atoms with Crippen LogP contribution in [-0.4, -0.2) is 76.8 Å². The SMILES string of the molecule is O=C(O)C(F)(F)F.O=C1NCCc2[nH]c(-c3ccnc(/C=C/c4c(F)cc(C(=O)N5CCOCC5)cc4F)c3)cc21. The molecule has 1 aromatic carbocycles. The Morgan fingerprint density at radius 3 is 2.32 bits per heavy atom. The summed E-state index contributed by atoms with van der Waals surface area (Å²) in [7, 11) is 0. The van der Waals surface area contributed by atoms with E-state index in [1.54, 1.807) is 24.4 Å². The number of hydrogen-bond acceptors (Lipinski definition) is 5. The third kappa shape index (κ3) is 7.14. The van der Waals surface area contributed by atoms with Gasteiger partial charge in [0.1, 0.15) is 11.6 Å². The molecule has 2 aliphatic heterocycles. The van der Waals surface area contributed by atoms with Gasteiger partial charge in [0.2, 0.25) is 0 Å². The first-order valence-corrected chi connectivity index (χ1v) is 12.2. The largest absolute Gasteiger partial charge is 0.490 e. The summed E-state index contributed by atoms with van der Waals surface area (Å²) in [5, 5.41) is 9.94. The van der Waals surface area contributed by atoms with Gasteiger partial charge in [0.05, 0.1) is 24.5 Å². The van der Waals surface area contributed by atoms with E-state index in [4.69, 9.17) is 14.6 Å². The number of nitrogens with one attached hydrogen (secondary N) is 2. The molecule has 3 aromatic rings. The predicted octanol–water partition coefficient (Wildman–Crippen LogP) is 3.92. The number of hydrogen-bond donors (Lipinski definition) is 3. The van der Waals surface area contributed by atoms with Crippen molar-refractivity contribution in [3.8, 4) is 11.3 Å². The maximum Gasteiger partial charge on any atom is 0.490 e. The zero-order chi connectivity index (χ0) is 29.7. The highest BCUT2D eigenvalue weighted by Crippen LogP contribution is 2.25. The molecule has 0 aliphatic carbocycles. The van der Waals surface area contributed by atoms with Crippen LogP contribution in [0.25, 0.3) is 23.4 Å². The second-order valence-electron chi connectivity index (χ2n) is 8.94. The highest BCUT2D eigenvalue weighted by atomic mass is 19.4. The molecule has 0 spiro atoms. The summed E-state index contributed by atoms with van der Waals surface area (Å²) >= 11 is 0. The number of fused-ring (bicyclic) bond motifs is 1. The Morgan fingerprint density at radius 1 is 1.05 bits per heavy atom. The van der Waals surface area contributed by atoms with Gasteiger partial charge in [0.15, 0.2) is 0 Å². The van der Waals surface area contributed by atoms with E-state index in [0.29, 0.717) is 44.1 Å². The molecular weight excluding hydrogens is 555 g/mol. The number of ether oxygens (including phenoxy) is 1. The lowest BCUT2D eigenvalue weighted by atomic mass is 10.1. The minimum absolute atomic E-state index is 0.0334. The quantitative estimate of drug-likeness (QED) is 0.404. The van der Waals surface area contributed by atoms with E-state index >= 15 is 0 Å². The minimum atomic E-state index is -5.08. The molecule has 9 nitrogen and oxygen atoms in total. The van der Waals surface area contributed by atoms with Crippen molar-refractivity contribution in [3.63, 3.8) is 0 Å². The van der Waals surface area contributed by atoms with Crippen LogP contribution in [0, 0.1) is 11.6 Å². The van der Waals surface area contributed by atoms with E-state index < -0.39 is 29.7 Å². The molecule has 216 valence electrons. The van der Waals surface area contributed by atoms with Crippen LogP contribution < -0.4 is 5.32 Å². The van der Waals surface area contributed by atoms with Crippen molar-refractivity contribution in [2.75, 3.05) is 32.8 Å². The van der Waals surface area contributed by atoms with Crippen molar-refractivity contribution < 1.29 is 46.2 Å². The van der Waals surface area contributed by atoms with E-state index in [1.807, 2.05) is 0 Å². The number of alkyl halides is 3. The van der Waals surface area contributed by atoms with E-state index in [0.717, 1.165) is 35.5 Å². The summed E-state index contributed by atoms with van der Waals surface area (Å²) in [4.78, 5) is 42.5. The molecule has 2 aliphatic rings. The number of carboxylic acids is 1. The summed E-state index contributed by atoms with van der Waals surface area (Å²) < 4.78 is 66.4. The average molecular weight is 578 g/mol. The molecule has 2 amide bonds. The number of rotatable bonds is 4. The highest BCUT2D eigenvalue weighted by Gasteiger charge is 2.38. The van der Waals surface area contributed by atoms with Gasteiger partial charge in [-0.05, 0) is 42.5 Å². The van der Waals surface area contributed by atoms with E-state index in [-0.39, 0.29) is 17.0 Å². The Bertz CT molecular complexity index is 1470. The first-order chi connectivity index (χ1) is 19.4. The van der Waals surface area contributed by atoms with Gasteiger partial charge in [0, 0.05) is 60.3 Å². The first-order valence-electron chi connectivity index (χ1n) is 12.2. The fraction of sp³-hybridized carbons (Fsp3) is 0.259. The number of aromatic nitrogens is 2. The lowest BCUT2D eigenvalue weighted by Crippen LogP contribution is -2.40.